The molecule has 1 aliphatic heterocycles. The molecule has 0 atom stereocenters. The third-order valence-electron chi connectivity index (χ3n) is 3.42. The first-order chi connectivity index (χ1) is 11.8. The molecule has 0 amide bonds. The van der Waals surface area contributed by atoms with Gasteiger partial charge in [-0.25, -0.2) is 4.79 Å². The van der Waals surface area contributed by atoms with Crippen LogP contribution in [0.5, 0.6) is 11.5 Å². The number of carbonyl (C=O) groups is 1. The van der Waals surface area contributed by atoms with Crippen LogP contribution >= 0.6 is 0 Å². The number of aromatic carboxylic acids is 1. The standard InChI is InChI=1S/C15H10F2N2O6/c16-15(17)24-12-3-1-2-9(13(12)25-15)7-18-10-5-4-8(14(20)21)6-11(10)19(22)23/h1-6,18H,7H2,(H,20,21). The van der Waals surface area contributed by atoms with Crippen molar-refractivity contribution in [2.24, 2.45) is 0 Å². The van der Waals surface area contributed by atoms with E-state index < -0.39 is 22.9 Å². The molecule has 0 radical (unpaired) electrons. The average Bonchev–Trinajstić information content (AvgIpc) is 2.86. The summed E-state index contributed by atoms with van der Waals surface area (Å²) >= 11 is 0. The molecule has 0 saturated heterocycles. The van der Waals surface area contributed by atoms with Crippen molar-refractivity contribution in [2.75, 3.05) is 5.32 Å². The number of nitro benzene ring substituents is 1. The van der Waals surface area contributed by atoms with Crippen molar-refractivity contribution in [3.05, 3.63) is 57.6 Å². The minimum Gasteiger partial charge on any atom is -0.478 e. The largest absolute Gasteiger partial charge is 0.586 e. The van der Waals surface area contributed by atoms with Crippen LogP contribution < -0.4 is 14.8 Å². The van der Waals surface area contributed by atoms with E-state index in [0.29, 0.717) is 5.56 Å². The molecule has 0 aromatic heterocycles. The van der Waals surface area contributed by atoms with Gasteiger partial charge >= 0.3 is 12.3 Å². The van der Waals surface area contributed by atoms with Gasteiger partial charge in [-0.05, 0) is 18.2 Å². The first-order valence-electron chi connectivity index (χ1n) is 6.90. The molecule has 0 fully saturated rings. The lowest BCUT2D eigenvalue weighted by Gasteiger charge is -2.10. The number of carboxylic acid groups (broad SMARTS) is 1. The fourth-order valence-corrected chi connectivity index (χ4v) is 2.32. The molecule has 2 aromatic rings. The number of ether oxygens (including phenoxy) is 2. The van der Waals surface area contributed by atoms with Crippen molar-refractivity contribution in [1.29, 1.82) is 0 Å². The third kappa shape index (κ3) is 3.27. The molecule has 25 heavy (non-hydrogen) atoms. The Morgan fingerprint density at radius 2 is 2.04 bits per heavy atom. The highest BCUT2D eigenvalue weighted by Crippen LogP contribution is 2.43. The molecular weight excluding hydrogens is 342 g/mol. The summed E-state index contributed by atoms with van der Waals surface area (Å²) in [6.07, 6.45) is -3.77. The van der Waals surface area contributed by atoms with E-state index in [9.17, 15) is 23.7 Å². The molecule has 2 aromatic carbocycles. The molecule has 0 aliphatic carbocycles. The molecule has 0 bridgehead atoms. The molecule has 1 heterocycles. The van der Waals surface area contributed by atoms with Crippen LogP contribution in [-0.4, -0.2) is 22.3 Å². The minimum absolute atomic E-state index is 0.0401. The van der Waals surface area contributed by atoms with Crippen molar-refractivity contribution < 1.29 is 33.1 Å². The Morgan fingerprint density at radius 3 is 2.72 bits per heavy atom. The number of para-hydroxylation sites is 1. The van der Waals surface area contributed by atoms with E-state index in [4.69, 9.17) is 5.11 Å². The summed E-state index contributed by atoms with van der Waals surface area (Å²) in [5, 5.41) is 22.7. The second-order valence-corrected chi connectivity index (χ2v) is 5.06. The van der Waals surface area contributed by atoms with Crippen LogP contribution in [-0.2, 0) is 6.54 Å². The summed E-state index contributed by atoms with van der Waals surface area (Å²) in [5.74, 6) is -1.60. The van der Waals surface area contributed by atoms with E-state index in [1.807, 2.05) is 0 Å². The minimum atomic E-state index is -3.77. The van der Waals surface area contributed by atoms with E-state index in [0.717, 1.165) is 6.07 Å². The van der Waals surface area contributed by atoms with Crippen LogP contribution in [0, 0.1) is 10.1 Å². The lowest BCUT2D eigenvalue weighted by atomic mass is 10.1. The maximum atomic E-state index is 13.2. The lowest BCUT2D eigenvalue weighted by Crippen LogP contribution is -2.26. The molecule has 1 aliphatic rings. The first-order valence-corrected chi connectivity index (χ1v) is 6.90. The second-order valence-electron chi connectivity index (χ2n) is 5.06. The smallest absolute Gasteiger partial charge is 0.478 e. The van der Waals surface area contributed by atoms with Gasteiger partial charge in [0.15, 0.2) is 11.5 Å². The zero-order chi connectivity index (χ0) is 18.2. The van der Waals surface area contributed by atoms with Gasteiger partial charge < -0.3 is 19.9 Å². The van der Waals surface area contributed by atoms with Crippen molar-refractivity contribution in [3.63, 3.8) is 0 Å². The highest BCUT2D eigenvalue weighted by molar-refractivity contribution is 5.89. The van der Waals surface area contributed by atoms with E-state index in [1.165, 1.54) is 30.3 Å². The SMILES string of the molecule is O=C(O)c1ccc(NCc2cccc3c2OC(F)(F)O3)c([N+](=O)[O-])c1. The van der Waals surface area contributed by atoms with Crippen LogP contribution in [0.15, 0.2) is 36.4 Å². The van der Waals surface area contributed by atoms with E-state index in [1.54, 1.807) is 0 Å². The van der Waals surface area contributed by atoms with Crippen molar-refractivity contribution in [2.45, 2.75) is 12.8 Å². The fraction of sp³-hybridized carbons (Fsp3) is 0.133. The third-order valence-corrected chi connectivity index (χ3v) is 3.42. The second kappa shape index (κ2) is 5.89. The molecule has 0 spiro atoms. The maximum Gasteiger partial charge on any atom is 0.586 e. The normalized spacial score (nSPS) is 14.2. The number of hydrogen-bond donors (Lipinski definition) is 2. The quantitative estimate of drug-likeness (QED) is 0.628. The number of rotatable bonds is 5. The average molecular weight is 352 g/mol. The molecule has 8 nitrogen and oxygen atoms in total. The summed E-state index contributed by atoms with van der Waals surface area (Å²) < 4.78 is 35.1. The van der Waals surface area contributed by atoms with Gasteiger partial charge in [0.05, 0.1) is 10.5 Å². The zero-order valence-electron chi connectivity index (χ0n) is 12.4. The summed E-state index contributed by atoms with van der Waals surface area (Å²) in [6, 6.07) is 7.62. The number of anilines is 1. The fourth-order valence-electron chi connectivity index (χ4n) is 2.32. The predicted molar refractivity (Wildman–Crippen MR) is 80.0 cm³/mol. The molecule has 2 N–H and O–H groups in total. The summed E-state index contributed by atoms with van der Waals surface area (Å²) in [5.41, 5.74) is -0.353. The number of carboxylic acids is 1. The molecule has 130 valence electrons. The topological polar surface area (TPSA) is 111 Å². The van der Waals surface area contributed by atoms with Crippen molar-refractivity contribution in [1.82, 2.24) is 0 Å². The Hall–Kier alpha value is -3.43. The Bertz CT molecular complexity index is 871. The monoisotopic (exact) mass is 352 g/mol. The Morgan fingerprint density at radius 1 is 1.28 bits per heavy atom. The van der Waals surface area contributed by atoms with Crippen LogP contribution in [0.4, 0.5) is 20.2 Å². The maximum absolute atomic E-state index is 13.2. The zero-order valence-corrected chi connectivity index (χ0v) is 12.4. The van der Waals surface area contributed by atoms with Gasteiger partial charge in [-0.2, -0.15) is 0 Å². The Labute approximate surface area is 138 Å². The van der Waals surface area contributed by atoms with Gasteiger partial charge in [-0.1, -0.05) is 12.1 Å². The molecular formula is C15H10F2N2O6. The number of halogens is 2. The van der Waals surface area contributed by atoms with Crippen molar-refractivity contribution in [3.8, 4) is 11.5 Å². The number of benzene rings is 2. The number of nitrogens with zero attached hydrogens (tertiary/aromatic N) is 1. The summed E-state index contributed by atoms with van der Waals surface area (Å²) in [7, 11) is 0. The van der Waals surface area contributed by atoms with E-state index >= 15 is 0 Å². The highest BCUT2D eigenvalue weighted by atomic mass is 19.3. The van der Waals surface area contributed by atoms with Gasteiger partial charge in [0.2, 0.25) is 0 Å². The van der Waals surface area contributed by atoms with Gasteiger partial charge in [0.1, 0.15) is 5.69 Å². The van der Waals surface area contributed by atoms with Crippen LogP contribution in [0.1, 0.15) is 15.9 Å². The van der Waals surface area contributed by atoms with E-state index in [2.05, 4.69) is 14.8 Å². The number of alkyl halides is 2. The van der Waals surface area contributed by atoms with Gasteiger partial charge in [0, 0.05) is 18.2 Å². The number of nitro groups is 1. The summed E-state index contributed by atoms with van der Waals surface area (Å²) in [6.45, 7) is -0.0735. The van der Waals surface area contributed by atoms with E-state index in [-0.39, 0.29) is 29.3 Å². The number of fused-ring (bicyclic) bond motifs is 1. The highest BCUT2D eigenvalue weighted by Gasteiger charge is 2.44. The van der Waals surface area contributed by atoms with Gasteiger partial charge in [-0.3, -0.25) is 10.1 Å². The first kappa shape index (κ1) is 16.4. The Balaban J connectivity index is 1.85. The van der Waals surface area contributed by atoms with Crippen LogP contribution in [0.2, 0.25) is 0 Å². The lowest BCUT2D eigenvalue weighted by molar-refractivity contribution is -0.384. The molecule has 0 saturated carbocycles. The number of nitrogens with one attached hydrogen (secondary N) is 1. The Kier molecular flexibility index (Phi) is 3.87. The van der Waals surface area contributed by atoms with Crippen LogP contribution in [0.25, 0.3) is 0 Å². The van der Waals surface area contributed by atoms with Gasteiger partial charge in [0.25, 0.3) is 5.69 Å². The predicted octanol–water partition coefficient (Wildman–Crippen LogP) is 3.23. The summed E-state index contributed by atoms with van der Waals surface area (Å²) in [4.78, 5) is 21.3. The van der Waals surface area contributed by atoms with Crippen molar-refractivity contribution >= 4 is 17.3 Å². The van der Waals surface area contributed by atoms with Crippen LogP contribution in [0.3, 0.4) is 0 Å². The van der Waals surface area contributed by atoms with Gasteiger partial charge in [-0.15, -0.1) is 8.78 Å². The number of hydrogen-bond acceptors (Lipinski definition) is 6. The molecule has 3 rings (SSSR count). The molecule has 0 unspecified atom stereocenters. The molecule has 10 heteroatoms.